The van der Waals surface area contributed by atoms with Gasteiger partial charge in [-0.1, -0.05) is 15.9 Å². The van der Waals surface area contributed by atoms with Crippen molar-refractivity contribution < 1.29 is 9.18 Å². The van der Waals surface area contributed by atoms with E-state index in [-0.39, 0.29) is 29.9 Å². The SMILES string of the molecule is CNCC1CCCN1C(=O)c1cc(Br)ccc1F.Cl. The molecule has 106 valence electrons. The van der Waals surface area contributed by atoms with Gasteiger partial charge in [-0.25, -0.2) is 4.39 Å². The van der Waals surface area contributed by atoms with Crippen LogP contribution in [0.15, 0.2) is 22.7 Å². The lowest BCUT2D eigenvalue weighted by molar-refractivity contribution is 0.0732. The largest absolute Gasteiger partial charge is 0.334 e. The minimum absolute atomic E-state index is 0. The minimum Gasteiger partial charge on any atom is -0.334 e. The van der Waals surface area contributed by atoms with Crippen LogP contribution in [0, 0.1) is 5.82 Å². The van der Waals surface area contributed by atoms with Crippen LogP contribution in [0.1, 0.15) is 23.2 Å². The van der Waals surface area contributed by atoms with E-state index in [9.17, 15) is 9.18 Å². The van der Waals surface area contributed by atoms with Crippen molar-refractivity contribution >= 4 is 34.2 Å². The molecule has 1 aliphatic heterocycles. The Kier molecular flexibility index (Phi) is 6.23. The summed E-state index contributed by atoms with van der Waals surface area (Å²) in [7, 11) is 1.86. The van der Waals surface area contributed by atoms with E-state index in [0.29, 0.717) is 6.54 Å². The van der Waals surface area contributed by atoms with E-state index in [0.717, 1.165) is 23.9 Å². The molecule has 1 fully saturated rings. The number of carbonyl (C=O) groups is 1. The third-order valence-electron chi connectivity index (χ3n) is 3.24. The maximum Gasteiger partial charge on any atom is 0.257 e. The summed E-state index contributed by atoms with van der Waals surface area (Å²) in [6.45, 7) is 1.46. The van der Waals surface area contributed by atoms with E-state index in [1.807, 2.05) is 7.05 Å². The van der Waals surface area contributed by atoms with E-state index in [1.165, 1.54) is 6.07 Å². The molecule has 1 unspecified atom stereocenters. The summed E-state index contributed by atoms with van der Waals surface area (Å²) in [6, 6.07) is 4.63. The summed E-state index contributed by atoms with van der Waals surface area (Å²) < 4.78 is 14.4. The third-order valence-corrected chi connectivity index (χ3v) is 3.73. The molecule has 1 aliphatic rings. The predicted octanol–water partition coefficient (Wildman–Crippen LogP) is 2.83. The normalized spacial score (nSPS) is 18.3. The molecule has 1 atom stereocenters. The molecular formula is C13H17BrClFN2O. The Bertz CT molecular complexity index is 458. The summed E-state index contributed by atoms with van der Waals surface area (Å²) in [5.41, 5.74) is 0.146. The molecule has 6 heteroatoms. The molecular weight excluding hydrogens is 335 g/mol. The van der Waals surface area contributed by atoms with Gasteiger partial charge in [0, 0.05) is 23.6 Å². The van der Waals surface area contributed by atoms with Crippen LogP contribution >= 0.6 is 28.3 Å². The summed E-state index contributed by atoms with van der Waals surface area (Å²) in [5, 5.41) is 3.08. The lowest BCUT2D eigenvalue weighted by Gasteiger charge is -2.24. The summed E-state index contributed by atoms with van der Waals surface area (Å²) in [6.07, 6.45) is 1.95. The Morgan fingerprint density at radius 1 is 1.58 bits per heavy atom. The van der Waals surface area contributed by atoms with Crippen LogP contribution in [0.4, 0.5) is 4.39 Å². The summed E-state index contributed by atoms with van der Waals surface area (Å²) >= 11 is 3.27. The maximum atomic E-state index is 13.7. The summed E-state index contributed by atoms with van der Waals surface area (Å²) in [5.74, 6) is -0.676. The van der Waals surface area contributed by atoms with Gasteiger partial charge in [0.2, 0.25) is 0 Å². The molecule has 0 spiro atoms. The highest BCUT2D eigenvalue weighted by Gasteiger charge is 2.30. The van der Waals surface area contributed by atoms with Gasteiger partial charge in [0.25, 0.3) is 5.91 Å². The van der Waals surface area contributed by atoms with E-state index >= 15 is 0 Å². The molecule has 19 heavy (non-hydrogen) atoms. The molecule has 0 aromatic heterocycles. The first-order chi connectivity index (χ1) is 8.63. The molecule has 3 nitrogen and oxygen atoms in total. The van der Waals surface area contributed by atoms with Crippen LogP contribution in [-0.4, -0.2) is 37.0 Å². The molecule has 0 radical (unpaired) electrons. The van der Waals surface area contributed by atoms with Crippen molar-refractivity contribution in [2.45, 2.75) is 18.9 Å². The van der Waals surface area contributed by atoms with Gasteiger partial charge in [-0.05, 0) is 38.1 Å². The molecule has 0 aliphatic carbocycles. The number of amides is 1. The number of likely N-dealkylation sites (tertiary alicyclic amines) is 1. The number of rotatable bonds is 3. The van der Waals surface area contributed by atoms with Crippen molar-refractivity contribution in [1.82, 2.24) is 10.2 Å². The molecule has 1 saturated heterocycles. The number of hydrogen-bond acceptors (Lipinski definition) is 2. The highest BCUT2D eigenvalue weighted by Crippen LogP contribution is 2.23. The fourth-order valence-electron chi connectivity index (χ4n) is 2.37. The Morgan fingerprint density at radius 3 is 3.00 bits per heavy atom. The lowest BCUT2D eigenvalue weighted by Crippen LogP contribution is -2.41. The zero-order valence-corrected chi connectivity index (χ0v) is 13.1. The fourth-order valence-corrected chi connectivity index (χ4v) is 2.73. The van der Waals surface area contributed by atoms with Crippen LogP contribution in [-0.2, 0) is 0 Å². The van der Waals surface area contributed by atoms with E-state index in [2.05, 4.69) is 21.2 Å². The predicted molar refractivity (Wildman–Crippen MR) is 79.3 cm³/mol. The Labute approximate surface area is 127 Å². The van der Waals surface area contributed by atoms with Gasteiger partial charge in [0.15, 0.2) is 0 Å². The number of carbonyl (C=O) groups excluding carboxylic acids is 1. The van der Waals surface area contributed by atoms with Crippen molar-refractivity contribution in [3.63, 3.8) is 0 Å². The maximum absolute atomic E-state index is 13.7. The van der Waals surface area contributed by atoms with Gasteiger partial charge in [0.1, 0.15) is 5.82 Å². The van der Waals surface area contributed by atoms with Gasteiger partial charge in [-0.2, -0.15) is 0 Å². The second-order valence-corrected chi connectivity index (χ2v) is 5.39. The fraction of sp³-hybridized carbons (Fsp3) is 0.462. The van der Waals surface area contributed by atoms with E-state index < -0.39 is 5.82 Å². The summed E-state index contributed by atoms with van der Waals surface area (Å²) in [4.78, 5) is 14.1. The van der Waals surface area contributed by atoms with Gasteiger partial charge in [-0.15, -0.1) is 12.4 Å². The molecule has 1 N–H and O–H groups in total. The van der Waals surface area contributed by atoms with Crippen molar-refractivity contribution in [2.75, 3.05) is 20.1 Å². The smallest absolute Gasteiger partial charge is 0.257 e. The first kappa shape index (κ1) is 16.4. The van der Waals surface area contributed by atoms with Crippen LogP contribution in [0.25, 0.3) is 0 Å². The highest BCUT2D eigenvalue weighted by atomic mass is 79.9. The zero-order chi connectivity index (χ0) is 13.1. The minimum atomic E-state index is -0.460. The van der Waals surface area contributed by atoms with Crippen molar-refractivity contribution in [3.05, 3.63) is 34.1 Å². The average molecular weight is 352 g/mol. The second kappa shape index (κ2) is 7.22. The van der Waals surface area contributed by atoms with Gasteiger partial charge < -0.3 is 10.2 Å². The lowest BCUT2D eigenvalue weighted by atomic mass is 10.1. The monoisotopic (exact) mass is 350 g/mol. The van der Waals surface area contributed by atoms with Crippen LogP contribution in [0.5, 0.6) is 0 Å². The molecule has 1 heterocycles. The highest BCUT2D eigenvalue weighted by molar-refractivity contribution is 9.10. The Hall–Kier alpha value is -0.650. The molecule has 2 rings (SSSR count). The first-order valence-corrected chi connectivity index (χ1v) is 6.83. The van der Waals surface area contributed by atoms with Crippen LogP contribution < -0.4 is 5.32 Å². The Balaban J connectivity index is 0.00000180. The van der Waals surface area contributed by atoms with Crippen molar-refractivity contribution in [1.29, 1.82) is 0 Å². The van der Waals surface area contributed by atoms with Crippen LogP contribution in [0.2, 0.25) is 0 Å². The topological polar surface area (TPSA) is 32.3 Å². The molecule has 1 amide bonds. The number of nitrogens with one attached hydrogen (secondary N) is 1. The second-order valence-electron chi connectivity index (χ2n) is 4.48. The van der Waals surface area contributed by atoms with Gasteiger partial charge in [-0.3, -0.25) is 4.79 Å². The number of hydrogen-bond donors (Lipinski definition) is 1. The number of benzene rings is 1. The number of nitrogens with zero attached hydrogens (tertiary/aromatic N) is 1. The van der Waals surface area contributed by atoms with E-state index in [4.69, 9.17) is 0 Å². The van der Waals surface area contributed by atoms with Gasteiger partial charge in [0.05, 0.1) is 5.56 Å². The quantitative estimate of drug-likeness (QED) is 0.908. The first-order valence-electron chi connectivity index (χ1n) is 6.04. The van der Waals surface area contributed by atoms with Gasteiger partial charge >= 0.3 is 0 Å². The number of halogens is 3. The molecule has 1 aromatic carbocycles. The van der Waals surface area contributed by atoms with Crippen molar-refractivity contribution in [2.24, 2.45) is 0 Å². The Morgan fingerprint density at radius 2 is 2.32 bits per heavy atom. The molecule has 0 bridgehead atoms. The zero-order valence-electron chi connectivity index (χ0n) is 10.7. The van der Waals surface area contributed by atoms with Crippen LogP contribution in [0.3, 0.4) is 0 Å². The standard InChI is InChI=1S/C13H16BrFN2O.ClH/c1-16-8-10-3-2-6-17(10)13(18)11-7-9(14)4-5-12(11)15;/h4-5,7,10,16H,2-3,6,8H2,1H3;1H. The average Bonchev–Trinajstić information content (AvgIpc) is 2.80. The third kappa shape index (κ3) is 3.68. The molecule has 1 aromatic rings. The number of likely N-dealkylation sites (N-methyl/N-ethyl adjacent to an activating group) is 1. The van der Waals surface area contributed by atoms with Crippen molar-refractivity contribution in [3.8, 4) is 0 Å². The van der Waals surface area contributed by atoms with E-state index in [1.54, 1.807) is 17.0 Å². The molecule has 0 saturated carbocycles.